The molecule has 18 bridgehead atoms. The highest BCUT2D eigenvalue weighted by atomic mass is 16.7. The number of hydrogen-bond donors (Lipinski definition) is 1. The second kappa shape index (κ2) is 30.9. The molecule has 128 heavy (non-hydrogen) atoms. The fourth-order valence-electron chi connectivity index (χ4n) is 23.7. The van der Waals surface area contributed by atoms with Crippen LogP contribution in [0.25, 0.3) is 0 Å². The first kappa shape index (κ1) is 85.6. The van der Waals surface area contributed by atoms with Crippen molar-refractivity contribution in [3.63, 3.8) is 0 Å². The number of ether oxygens (including phenoxy) is 17. The maximum absolute atomic E-state index is 11.9. The van der Waals surface area contributed by atoms with Gasteiger partial charge in [0.2, 0.25) is 0 Å². The van der Waals surface area contributed by atoms with Crippen molar-refractivity contribution in [1.29, 1.82) is 0 Å². The van der Waals surface area contributed by atoms with Crippen LogP contribution in [0.1, 0.15) is 68.7 Å². The molecule has 37 nitrogen and oxygen atoms in total. The summed E-state index contributed by atoms with van der Waals surface area (Å²) < 4.78 is 84.7. The zero-order valence-electron chi connectivity index (χ0n) is 69.8. The summed E-state index contributed by atoms with van der Waals surface area (Å²) in [4.78, 5) is 216. The molecule has 0 aromatic rings. The molecule has 0 aromatic heterocycles. The topological polar surface area (TPSA) is 493 Å². The van der Waals surface area contributed by atoms with Crippen LogP contribution in [0.4, 0.5) is 0 Å². The quantitative estimate of drug-likeness (QED) is 0.179. The minimum atomic E-state index is -1.46. The average Bonchev–Trinajstić information content (AvgIpc) is 1.56. The number of hydrogen-bond acceptors (Lipinski definition) is 37. The highest BCUT2D eigenvalue weighted by Crippen LogP contribution is 2.59. The van der Waals surface area contributed by atoms with Crippen LogP contribution in [0.5, 0.6) is 0 Å². The molecule has 28 rings (SSSR count). The second-order valence-corrected chi connectivity index (χ2v) is 36.2. The highest BCUT2D eigenvalue weighted by molar-refractivity contribution is 6.06. The Balaban J connectivity index is 0.0000000939. The Bertz CT molecular complexity index is 5330. The van der Waals surface area contributed by atoms with Gasteiger partial charge in [0.05, 0.1) is 96.7 Å². The molecule has 23 heterocycles. The standard InChI is InChI=1S/C13H14O2.C12H12O3.2C11H10O6.C10H10O4.2C9H8O4.C8H7NO3.C8H6O4/c1-3-8-6-9-4-5-10(8)12-11(9)7(2)15-13(12)14;1-5(2)8-6-3-4-7(8)10-9(6)11(13)15-12(10)14;1-5(12)15-4-11-3-2-6(17-11)7-8(11)10(14)16-9(7)13;1-2-15-10(14)11-4-3-5(17-11)6-7(11)9(13)16-8(6)12;1-3-4(2)8-6-5(7(3)13-8)9(11)14-10(6)12;1-9-3-2-4(13-9)5-6(9)8(11)12-7(5)10;1-3-2-4-5-6(7(3)12-4)9(11)13-8(5)10;10-7-5-3-1-2-4(9-3)6(5)8(11)12-7;9-7-5-3-1-2-4(11-3)6(5)8(10)12-7/h4-6,9-12H,2-3H2,1H3;3-4,6-7,9-10H,1-2H3;2-3,6-8H,4H2,1H3;3-7H,2H2,1H3;5-8H,1-2H3;2-6H,1H3;2,4-7H,1H3;1-6,9H;1-6H. The van der Waals surface area contributed by atoms with E-state index < -0.39 is 148 Å². The Hall–Kier alpha value is -11.9. The first-order chi connectivity index (χ1) is 60.9. The average molecular weight is 1770 g/mol. The molecule has 1 saturated carbocycles. The van der Waals surface area contributed by atoms with Gasteiger partial charge in [0, 0.05) is 48.6 Å². The summed E-state index contributed by atoms with van der Waals surface area (Å²) in [6.07, 6.45) is 28.8. The zero-order valence-corrected chi connectivity index (χ0v) is 69.8. The minimum absolute atomic E-state index is 0.00690. The van der Waals surface area contributed by atoms with E-state index in [1.807, 2.05) is 96.2 Å². The third kappa shape index (κ3) is 12.9. The van der Waals surface area contributed by atoms with Crippen LogP contribution in [0.2, 0.25) is 0 Å². The van der Waals surface area contributed by atoms with Crippen LogP contribution >= 0.6 is 0 Å². The third-order valence-corrected chi connectivity index (χ3v) is 29.4. The van der Waals surface area contributed by atoms with Gasteiger partial charge in [0.15, 0.2) is 5.60 Å². The molecule has 0 radical (unpaired) electrons. The van der Waals surface area contributed by atoms with Crippen molar-refractivity contribution in [3.05, 3.63) is 143 Å². The van der Waals surface area contributed by atoms with Crippen LogP contribution in [0.3, 0.4) is 0 Å². The molecular formula is C91H85NO36. The molecule has 670 valence electrons. The summed E-state index contributed by atoms with van der Waals surface area (Å²) in [5.41, 5.74) is 3.98. The van der Waals surface area contributed by atoms with Gasteiger partial charge in [0.1, 0.15) is 89.0 Å². The highest BCUT2D eigenvalue weighted by Gasteiger charge is 2.73. The fraction of sp³-hybridized carbons (Fsp3) is 0.527. The van der Waals surface area contributed by atoms with Gasteiger partial charge >= 0.3 is 113 Å². The van der Waals surface area contributed by atoms with Crippen molar-refractivity contribution < 1.29 is 172 Å². The van der Waals surface area contributed by atoms with Crippen LogP contribution < -0.4 is 5.32 Å². The van der Waals surface area contributed by atoms with E-state index in [0.29, 0.717) is 11.7 Å². The van der Waals surface area contributed by atoms with Crippen LogP contribution in [0, 0.1) is 130 Å². The predicted octanol–water partition coefficient (Wildman–Crippen LogP) is 2.37. The second-order valence-electron chi connectivity index (χ2n) is 36.2. The summed E-state index contributed by atoms with van der Waals surface area (Å²) in [6.45, 7) is 20.8. The van der Waals surface area contributed by atoms with Gasteiger partial charge < -0.3 is 85.8 Å². The molecule has 28 aliphatic rings. The van der Waals surface area contributed by atoms with E-state index in [4.69, 9.17) is 47.4 Å². The molecule has 1 N–H and O–H groups in total. The van der Waals surface area contributed by atoms with Gasteiger partial charge in [0.25, 0.3) is 0 Å². The van der Waals surface area contributed by atoms with E-state index in [1.165, 1.54) is 29.7 Å². The van der Waals surface area contributed by atoms with E-state index in [2.05, 4.69) is 70.2 Å². The summed E-state index contributed by atoms with van der Waals surface area (Å²) >= 11 is 0. The monoisotopic (exact) mass is 1770 g/mol. The summed E-state index contributed by atoms with van der Waals surface area (Å²) in [5, 5.41) is 3.16. The predicted molar refractivity (Wildman–Crippen MR) is 412 cm³/mol. The van der Waals surface area contributed by atoms with Crippen molar-refractivity contribution in [2.75, 3.05) is 13.2 Å². The van der Waals surface area contributed by atoms with Gasteiger partial charge in [-0.15, -0.1) is 0 Å². The van der Waals surface area contributed by atoms with E-state index in [1.54, 1.807) is 25.2 Å². The zero-order chi connectivity index (χ0) is 90.7. The van der Waals surface area contributed by atoms with Crippen molar-refractivity contribution in [2.24, 2.45) is 130 Å². The van der Waals surface area contributed by atoms with Gasteiger partial charge in [-0.3, -0.25) is 86.3 Å². The SMILES string of the molecule is C=C1OC(=O)C2C3C=CC(C=C3CC)C12.CC(=O)OCC12C=CC(O1)C1C(=O)OC(=O)C12.CC(C)=C1C2C=CC1C1C(=O)OC(=O)C21.CC12C=CC(O1)C1C(=O)OC(=O)C12.CC1=C(C)C2OC1C1C(=O)OC(=O)C21.CC1=CC2OC1C1C(=O)OC(=O)C21.CCOC(=O)C12C=CC(O1)C1C(=O)OC(=O)C12.O=C1OC(=O)C2C3C=CC(N3)C12.O=C1OC(=O)C2C3C=CC(O3)C12. The lowest BCUT2D eigenvalue weighted by Gasteiger charge is -2.37. The lowest BCUT2D eigenvalue weighted by Crippen LogP contribution is -2.46. The largest absolute Gasteiger partial charge is 0.464 e. The van der Waals surface area contributed by atoms with Crippen LogP contribution in [0.15, 0.2) is 143 Å². The van der Waals surface area contributed by atoms with E-state index >= 15 is 0 Å². The molecule has 23 aliphatic heterocycles. The summed E-state index contributed by atoms with van der Waals surface area (Å²) in [6, 6.07) is 0.0536. The smallest absolute Gasteiger partial charge is 0.343 e. The van der Waals surface area contributed by atoms with Crippen molar-refractivity contribution in [1.82, 2.24) is 5.32 Å². The lowest BCUT2D eigenvalue weighted by molar-refractivity contribution is -0.172. The first-order valence-electron chi connectivity index (χ1n) is 42.5. The number of allylic oxidation sites excluding steroid dienone is 9. The Labute approximate surface area is 726 Å². The Morgan fingerprint density at radius 3 is 1.34 bits per heavy atom. The van der Waals surface area contributed by atoms with Crippen molar-refractivity contribution >= 4 is 113 Å². The molecule has 36 unspecified atom stereocenters. The number of rotatable bonds is 5. The first-order valence-corrected chi connectivity index (χ1v) is 42.5. The molecular weight excluding hydrogens is 1680 g/mol. The van der Waals surface area contributed by atoms with Gasteiger partial charge in [-0.1, -0.05) is 115 Å². The van der Waals surface area contributed by atoms with Crippen molar-refractivity contribution in [3.8, 4) is 0 Å². The number of cyclic esters (lactones) is 17. The summed E-state index contributed by atoms with van der Waals surface area (Å²) in [7, 11) is 0. The number of carbonyl (C=O) groups excluding carboxylic acids is 19. The third-order valence-electron chi connectivity index (χ3n) is 29.4. The van der Waals surface area contributed by atoms with Gasteiger partial charge in [-0.2, -0.15) is 0 Å². The maximum atomic E-state index is 11.9. The molecule has 5 aliphatic carbocycles. The number of fused-ring (bicyclic) bond motifs is 40. The normalized spacial score (nSPS) is 44.6. The lowest BCUT2D eigenvalue weighted by atomic mass is 9.63. The molecule has 16 saturated heterocycles. The van der Waals surface area contributed by atoms with Gasteiger partial charge in [-0.25, -0.2) is 4.79 Å². The van der Waals surface area contributed by atoms with E-state index in [9.17, 15) is 91.1 Å². The molecule has 0 aromatic carbocycles. The number of carbonyl (C=O) groups is 19. The van der Waals surface area contributed by atoms with E-state index in [-0.39, 0.29) is 187 Å². The molecule has 36 atom stereocenters. The Morgan fingerprint density at radius 1 is 0.383 bits per heavy atom. The van der Waals surface area contributed by atoms with Crippen LogP contribution in [-0.4, -0.2) is 210 Å². The summed E-state index contributed by atoms with van der Waals surface area (Å²) in [5.74, 6) is -13.7. The van der Waals surface area contributed by atoms with Crippen LogP contribution in [-0.2, 0) is 172 Å². The Kier molecular flexibility index (Phi) is 20.7. The van der Waals surface area contributed by atoms with Gasteiger partial charge in [-0.05, 0) is 83.8 Å². The molecule has 17 fully saturated rings. The number of nitrogens with one attached hydrogen (secondary N) is 1. The van der Waals surface area contributed by atoms with Crippen molar-refractivity contribution in [2.45, 2.75) is 153 Å². The molecule has 0 amide bonds. The minimum Gasteiger partial charge on any atom is -0.464 e. The molecule has 37 heteroatoms. The maximum Gasteiger partial charge on any atom is 0.343 e. The number of esters is 19. The van der Waals surface area contributed by atoms with E-state index in [0.717, 1.165) is 23.1 Å². The molecule has 0 spiro atoms. The Morgan fingerprint density at radius 2 is 0.812 bits per heavy atom. The fourth-order valence-corrected chi connectivity index (χ4v) is 23.7.